The predicted octanol–water partition coefficient (Wildman–Crippen LogP) is 5.99. The Morgan fingerprint density at radius 1 is 0.919 bits per heavy atom. The van der Waals surface area contributed by atoms with Crippen LogP contribution in [0.5, 0.6) is 0 Å². The highest BCUT2D eigenvalue weighted by molar-refractivity contribution is 5.94. The number of rotatable bonds is 3. The number of piperidine rings is 1. The first-order valence-corrected chi connectivity index (χ1v) is 12.8. The van der Waals surface area contributed by atoms with Gasteiger partial charge in [0.05, 0.1) is 11.9 Å². The second-order valence-electron chi connectivity index (χ2n) is 10.5. The standard InChI is InChI=1S/C30H27F2N5/c1-19-12-24(25-14-22(31)15-26(32)29(25)35-19)27-16-34-28-13-21(6-11-37(27)28)20-2-4-23(5-3-20)36-17-30(18-36)7-9-33-10-8-30/h2-6,11-16,33H,7-10,17-18H2,1H3. The van der Waals surface area contributed by atoms with Gasteiger partial charge in [-0.15, -0.1) is 0 Å². The van der Waals surface area contributed by atoms with Gasteiger partial charge in [-0.25, -0.2) is 18.7 Å². The van der Waals surface area contributed by atoms with Crippen LogP contribution in [0.2, 0.25) is 0 Å². The minimum atomic E-state index is -0.663. The predicted molar refractivity (Wildman–Crippen MR) is 143 cm³/mol. The molecule has 0 saturated carbocycles. The van der Waals surface area contributed by atoms with Gasteiger partial charge in [0.1, 0.15) is 17.0 Å². The average molecular weight is 496 g/mol. The van der Waals surface area contributed by atoms with Crippen LogP contribution in [0.3, 0.4) is 0 Å². The van der Waals surface area contributed by atoms with Gasteiger partial charge < -0.3 is 10.2 Å². The molecule has 0 unspecified atom stereocenters. The Morgan fingerprint density at radius 2 is 1.70 bits per heavy atom. The van der Waals surface area contributed by atoms with E-state index in [2.05, 4.69) is 50.5 Å². The van der Waals surface area contributed by atoms with Gasteiger partial charge in [0, 0.05) is 53.1 Å². The Morgan fingerprint density at radius 3 is 2.49 bits per heavy atom. The highest BCUT2D eigenvalue weighted by Crippen LogP contribution is 2.41. The zero-order valence-corrected chi connectivity index (χ0v) is 20.6. The summed E-state index contributed by atoms with van der Waals surface area (Å²) in [5.74, 6) is -1.29. The molecule has 186 valence electrons. The van der Waals surface area contributed by atoms with Crippen LogP contribution in [0.4, 0.5) is 14.5 Å². The van der Waals surface area contributed by atoms with Crippen molar-refractivity contribution >= 4 is 22.2 Å². The van der Waals surface area contributed by atoms with Crippen molar-refractivity contribution in [2.75, 3.05) is 31.1 Å². The number of nitrogens with one attached hydrogen (secondary N) is 1. The minimum Gasteiger partial charge on any atom is -0.370 e. The van der Waals surface area contributed by atoms with Gasteiger partial charge in [-0.2, -0.15) is 0 Å². The van der Waals surface area contributed by atoms with Gasteiger partial charge in [-0.1, -0.05) is 12.1 Å². The van der Waals surface area contributed by atoms with Crippen LogP contribution < -0.4 is 10.2 Å². The van der Waals surface area contributed by atoms with E-state index in [0.717, 1.165) is 54.7 Å². The summed E-state index contributed by atoms with van der Waals surface area (Å²) in [4.78, 5) is 11.4. The lowest BCUT2D eigenvalue weighted by Gasteiger charge is -2.53. The van der Waals surface area contributed by atoms with Crippen molar-refractivity contribution < 1.29 is 8.78 Å². The number of imidazole rings is 1. The van der Waals surface area contributed by atoms with Crippen LogP contribution in [-0.2, 0) is 0 Å². The zero-order chi connectivity index (χ0) is 25.1. The molecular weight excluding hydrogens is 468 g/mol. The van der Waals surface area contributed by atoms with Gasteiger partial charge in [0.15, 0.2) is 5.82 Å². The molecule has 5 heterocycles. The average Bonchev–Trinajstić information content (AvgIpc) is 3.31. The molecule has 7 heteroatoms. The first-order valence-electron chi connectivity index (χ1n) is 12.8. The third kappa shape index (κ3) is 3.76. The Hall–Kier alpha value is -3.84. The van der Waals surface area contributed by atoms with Gasteiger partial charge in [-0.3, -0.25) is 4.40 Å². The van der Waals surface area contributed by atoms with Crippen LogP contribution in [0.15, 0.2) is 67.0 Å². The lowest BCUT2D eigenvalue weighted by molar-refractivity contribution is 0.150. The zero-order valence-electron chi connectivity index (χ0n) is 20.6. The summed E-state index contributed by atoms with van der Waals surface area (Å²) in [6.07, 6.45) is 6.26. The van der Waals surface area contributed by atoms with E-state index in [9.17, 15) is 8.78 Å². The molecule has 37 heavy (non-hydrogen) atoms. The fourth-order valence-electron chi connectivity index (χ4n) is 6.04. The smallest absolute Gasteiger partial charge is 0.152 e. The van der Waals surface area contributed by atoms with E-state index < -0.39 is 11.6 Å². The van der Waals surface area contributed by atoms with Crippen LogP contribution in [0.25, 0.3) is 38.9 Å². The molecule has 2 aliphatic heterocycles. The number of aryl methyl sites for hydroxylation is 1. The first-order chi connectivity index (χ1) is 18.0. The van der Waals surface area contributed by atoms with E-state index in [1.54, 1.807) is 6.20 Å². The monoisotopic (exact) mass is 495 g/mol. The summed E-state index contributed by atoms with van der Waals surface area (Å²) in [6.45, 7) is 6.37. The number of anilines is 1. The van der Waals surface area contributed by atoms with E-state index in [1.165, 1.54) is 24.6 Å². The Bertz CT molecular complexity index is 1640. The van der Waals surface area contributed by atoms with Crippen molar-refractivity contribution in [1.29, 1.82) is 0 Å². The van der Waals surface area contributed by atoms with Crippen LogP contribution in [-0.4, -0.2) is 40.5 Å². The number of hydrogen-bond donors (Lipinski definition) is 1. The van der Waals surface area contributed by atoms with Crippen molar-refractivity contribution in [2.24, 2.45) is 5.41 Å². The molecule has 0 radical (unpaired) electrons. The molecule has 7 rings (SSSR count). The quantitative estimate of drug-likeness (QED) is 0.334. The molecule has 2 fully saturated rings. The molecule has 3 aromatic heterocycles. The second-order valence-corrected chi connectivity index (χ2v) is 10.5. The summed E-state index contributed by atoms with van der Waals surface area (Å²) in [5, 5.41) is 3.90. The maximum Gasteiger partial charge on any atom is 0.152 e. The summed E-state index contributed by atoms with van der Waals surface area (Å²) < 4.78 is 30.5. The number of aromatic nitrogens is 3. The number of benzene rings is 2. The highest BCUT2D eigenvalue weighted by Gasteiger charge is 2.43. The molecule has 0 bridgehead atoms. The van der Waals surface area contributed by atoms with Crippen molar-refractivity contribution in [3.8, 4) is 22.4 Å². The third-order valence-electron chi connectivity index (χ3n) is 8.03. The number of fused-ring (bicyclic) bond motifs is 2. The fraction of sp³-hybridized carbons (Fsp3) is 0.267. The van der Waals surface area contributed by atoms with E-state index in [-0.39, 0.29) is 5.52 Å². The van der Waals surface area contributed by atoms with Crippen molar-refractivity contribution in [2.45, 2.75) is 19.8 Å². The Labute approximate surface area is 213 Å². The lowest BCUT2D eigenvalue weighted by Crippen LogP contribution is -2.60. The largest absolute Gasteiger partial charge is 0.370 e. The maximum atomic E-state index is 14.5. The number of nitrogens with zero attached hydrogens (tertiary/aromatic N) is 4. The van der Waals surface area contributed by atoms with E-state index in [4.69, 9.17) is 0 Å². The molecule has 5 aromatic rings. The molecule has 0 aliphatic carbocycles. The summed E-state index contributed by atoms with van der Waals surface area (Å²) in [6, 6.07) is 16.9. The maximum absolute atomic E-state index is 14.5. The molecule has 2 aromatic carbocycles. The summed E-state index contributed by atoms with van der Waals surface area (Å²) >= 11 is 0. The molecular formula is C30H27F2N5. The molecule has 1 N–H and O–H groups in total. The van der Waals surface area contributed by atoms with Gasteiger partial charge >= 0.3 is 0 Å². The molecule has 2 aliphatic rings. The SMILES string of the molecule is Cc1cc(-c2cnc3cc(-c4ccc(N5CC6(CCNCC6)C5)cc4)ccn23)c2cc(F)cc(F)c2n1. The second kappa shape index (κ2) is 8.35. The van der Waals surface area contributed by atoms with E-state index >= 15 is 0 Å². The molecule has 0 amide bonds. The summed E-state index contributed by atoms with van der Waals surface area (Å²) in [5.41, 5.74) is 7.04. The topological polar surface area (TPSA) is 45.5 Å². The van der Waals surface area contributed by atoms with Gasteiger partial charge in [0.2, 0.25) is 0 Å². The number of halogens is 2. The van der Waals surface area contributed by atoms with E-state index in [1.807, 2.05) is 29.7 Å². The molecule has 2 saturated heterocycles. The highest BCUT2D eigenvalue weighted by atomic mass is 19.1. The van der Waals surface area contributed by atoms with Gasteiger partial charge in [0.25, 0.3) is 0 Å². The Balaban J connectivity index is 1.19. The Kier molecular flexibility index (Phi) is 5.05. The van der Waals surface area contributed by atoms with Crippen LogP contribution in [0, 0.1) is 24.0 Å². The fourth-order valence-corrected chi connectivity index (χ4v) is 6.04. The van der Waals surface area contributed by atoms with Crippen molar-refractivity contribution in [1.82, 2.24) is 19.7 Å². The van der Waals surface area contributed by atoms with Crippen molar-refractivity contribution in [3.63, 3.8) is 0 Å². The number of pyridine rings is 2. The number of hydrogen-bond acceptors (Lipinski definition) is 4. The molecule has 5 nitrogen and oxygen atoms in total. The van der Waals surface area contributed by atoms with E-state index in [0.29, 0.717) is 22.1 Å². The minimum absolute atomic E-state index is 0.163. The van der Waals surface area contributed by atoms with Gasteiger partial charge in [-0.05, 0) is 80.4 Å². The lowest BCUT2D eigenvalue weighted by atomic mass is 9.72. The van der Waals surface area contributed by atoms with Crippen molar-refractivity contribution in [3.05, 3.63) is 84.3 Å². The summed E-state index contributed by atoms with van der Waals surface area (Å²) in [7, 11) is 0. The molecule has 1 spiro atoms. The third-order valence-corrected chi connectivity index (χ3v) is 8.03. The van der Waals surface area contributed by atoms with Crippen LogP contribution >= 0.6 is 0 Å². The first kappa shape index (κ1) is 22.4. The normalized spacial score (nSPS) is 17.0. The van der Waals surface area contributed by atoms with Crippen LogP contribution in [0.1, 0.15) is 18.5 Å². The molecule has 0 atom stereocenters.